The highest BCUT2D eigenvalue weighted by Gasteiger charge is 2.38. The number of rotatable bonds is 4. The zero-order chi connectivity index (χ0) is 18.3. The molecule has 1 atom stereocenters. The summed E-state index contributed by atoms with van der Waals surface area (Å²) in [6.45, 7) is 0.139. The Morgan fingerprint density at radius 2 is 1.96 bits per heavy atom. The van der Waals surface area contributed by atoms with Gasteiger partial charge >= 0.3 is 0 Å². The maximum absolute atomic E-state index is 13.2. The molecule has 6 nitrogen and oxygen atoms in total. The highest BCUT2D eigenvalue weighted by molar-refractivity contribution is 7.91. The van der Waals surface area contributed by atoms with Crippen LogP contribution in [-0.2, 0) is 21.2 Å². The molecule has 2 aromatic rings. The molecule has 1 unspecified atom stereocenters. The maximum Gasteiger partial charge on any atom is 0.243 e. The van der Waals surface area contributed by atoms with Gasteiger partial charge < -0.3 is 9.47 Å². The molecular formula is C18H22N2O4S2. The van der Waals surface area contributed by atoms with Gasteiger partial charge in [-0.15, -0.1) is 11.3 Å². The van der Waals surface area contributed by atoms with Crippen molar-refractivity contribution in [3.8, 4) is 0 Å². The number of carbonyl (C=O) groups is 1. The molecule has 2 fully saturated rings. The summed E-state index contributed by atoms with van der Waals surface area (Å²) in [5.41, 5.74) is 0.731. The first-order valence-corrected chi connectivity index (χ1v) is 11.7. The molecule has 4 rings (SSSR count). The Morgan fingerprint density at radius 1 is 1.19 bits per heavy atom. The summed E-state index contributed by atoms with van der Waals surface area (Å²) < 4.78 is 26.3. The van der Waals surface area contributed by atoms with E-state index in [-0.39, 0.29) is 41.5 Å². The summed E-state index contributed by atoms with van der Waals surface area (Å²) >= 11 is 1.38. The minimum absolute atomic E-state index is 0.0340. The third-order valence-corrected chi connectivity index (χ3v) is 8.17. The number of carbonyl (C=O) groups excluding carboxylic acids is 1. The average Bonchev–Trinajstić information content (AvgIpc) is 3.31. The van der Waals surface area contributed by atoms with Crippen molar-refractivity contribution in [3.05, 3.63) is 33.9 Å². The van der Waals surface area contributed by atoms with Crippen LogP contribution in [0.15, 0.2) is 28.5 Å². The molecule has 0 N–H and O–H groups in total. The minimum Gasteiger partial charge on any atom is -0.337 e. The van der Waals surface area contributed by atoms with E-state index in [2.05, 4.69) is 0 Å². The number of hydrogen-bond donors (Lipinski definition) is 0. The minimum atomic E-state index is -3.05. The van der Waals surface area contributed by atoms with E-state index in [1.54, 1.807) is 10.8 Å². The largest absolute Gasteiger partial charge is 0.337 e. The van der Waals surface area contributed by atoms with E-state index in [1.807, 2.05) is 16.3 Å². The van der Waals surface area contributed by atoms with Crippen LogP contribution in [0.2, 0.25) is 0 Å². The Labute approximate surface area is 156 Å². The monoisotopic (exact) mass is 394 g/mol. The molecule has 1 aliphatic heterocycles. The van der Waals surface area contributed by atoms with Crippen LogP contribution in [0.25, 0.3) is 10.2 Å². The normalized spacial score (nSPS) is 22.8. The Kier molecular flexibility index (Phi) is 4.64. The van der Waals surface area contributed by atoms with Crippen molar-refractivity contribution in [1.82, 2.24) is 9.47 Å². The molecule has 2 aliphatic rings. The van der Waals surface area contributed by atoms with E-state index in [0.29, 0.717) is 11.1 Å². The molecule has 0 aromatic carbocycles. The lowest BCUT2D eigenvalue weighted by atomic mass is 10.1. The molecular weight excluding hydrogens is 372 g/mol. The first-order valence-electron chi connectivity index (χ1n) is 9.03. The van der Waals surface area contributed by atoms with Gasteiger partial charge in [0.25, 0.3) is 0 Å². The number of aromatic nitrogens is 1. The number of pyridine rings is 1. The predicted octanol–water partition coefficient (Wildman–Crippen LogP) is 2.02. The number of fused-ring (bicyclic) bond motifs is 1. The second-order valence-electron chi connectivity index (χ2n) is 7.24. The third-order valence-electron chi connectivity index (χ3n) is 5.50. The number of hydrogen-bond acceptors (Lipinski definition) is 5. The van der Waals surface area contributed by atoms with Crippen molar-refractivity contribution in [2.45, 2.75) is 50.7 Å². The van der Waals surface area contributed by atoms with Gasteiger partial charge in [-0.05, 0) is 30.7 Å². The Balaban J connectivity index is 1.63. The summed E-state index contributed by atoms with van der Waals surface area (Å²) in [5, 5.41) is 1.85. The molecule has 8 heteroatoms. The summed E-state index contributed by atoms with van der Waals surface area (Å²) in [6.07, 6.45) is 6.25. The molecule has 0 bridgehead atoms. The second kappa shape index (κ2) is 6.81. The number of nitrogens with zero attached hydrogens (tertiary/aromatic N) is 2. The van der Waals surface area contributed by atoms with Gasteiger partial charge in [0.05, 0.1) is 21.7 Å². The van der Waals surface area contributed by atoms with Crippen molar-refractivity contribution in [3.63, 3.8) is 0 Å². The van der Waals surface area contributed by atoms with Crippen molar-refractivity contribution in [2.75, 3.05) is 11.5 Å². The van der Waals surface area contributed by atoms with Crippen molar-refractivity contribution in [2.24, 2.45) is 0 Å². The summed E-state index contributed by atoms with van der Waals surface area (Å²) in [6, 6.07) is 3.27. The molecule has 1 amide bonds. The van der Waals surface area contributed by atoms with Gasteiger partial charge in [0.15, 0.2) is 15.3 Å². The third kappa shape index (κ3) is 3.32. The fourth-order valence-electron chi connectivity index (χ4n) is 4.27. The fourth-order valence-corrected chi connectivity index (χ4v) is 6.81. The van der Waals surface area contributed by atoms with Crippen LogP contribution in [0.3, 0.4) is 0 Å². The van der Waals surface area contributed by atoms with Gasteiger partial charge in [-0.1, -0.05) is 12.8 Å². The Hall–Kier alpha value is -1.67. The highest BCUT2D eigenvalue weighted by Crippen LogP contribution is 2.29. The van der Waals surface area contributed by atoms with Gasteiger partial charge in [0.2, 0.25) is 5.91 Å². The van der Waals surface area contributed by atoms with E-state index in [9.17, 15) is 18.0 Å². The molecule has 2 aromatic heterocycles. The molecule has 1 saturated heterocycles. The van der Waals surface area contributed by atoms with Gasteiger partial charge in [-0.3, -0.25) is 9.59 Å². The van der Waals surface area contributed by atoms with E-state index < -0.39 is 9.84 Å². The molecule has 1 aliphatic carbocycles. The zero-order valence-corrected chi connectivity index (χ0v) is 16.1. The van der Waals surface area contributed by atoms with Gasteiger partial charge in [-0.25, -0.2) is 8.42 Å². The Bertz CT molecular complexity index is 986. The summed E-state index contributed by atoms with van der Waals surface area (Å²) in [7, 11) is -3.05. The van der Waals surface area contributed by atoms with Crippen molar-refractivity contribution < 1.29 is 13.2 Å². The molecule has 1 saturated carbocycles. The van der Waals surface area contributed by atoms with Gasteiger partial charge in [0, 0.05) is 24.3 Å². The molecule has 0 radical (unpaired) electrons. The van der Waals surface area contributed by atoms with E-state index in [1.165, 1.54) is 17.4 Å². The van der Waals surface area contributed by atoms with Crippen LogP contribution in [-0.4, -0.2) is 47.4 Å². The van der Waals surface area contributed by atoms with Crippen LogP contribution >= 0.6 is 11.3 Å². The smallest absolute Gasteiger partial charge is 0.243 e. The van der Waals surface area contributed by atoms with Crippen LogP contribution < -0.4 is 5.43 Å². The fraction of sp³-hybridized carbons (Fsp3) is 0.556. The summed E-state index contributed by atoms with van der Waals surface area (Å²) in [5.74, 6) is 0.198. The highest BCUT2D eigenvalue weighted by atomic mass is 32.2. The Morgan fingerprint density at radius 3 is 2.65 bits per heavy atom. The number of amides is 1. The quantitative estimate of drug-likeness (QED) is 0.795. The van der Waals surface area contributed by atoms with Crippen LogP contribution in [0.4, 0.5) is 0 Å². The first-order chi connectivity index (χ1) is 12.4. The first kappa shape index (κ1) is 17.7. The molecule has 140 valence electrons. The lowest BCUT2D eigenvalue weighted by Gasteiger charge is -2.34. The van der Waals surface area contributed by atoms with Crippen LogP contribution in [0.1, 0.15) is 32.1 Å². The standard InChI is InChI=1S/C18H22N2O4S2/c21-16-5-8-19(15-6-9-25-18(15)16)11-17(22)20(13-3-1-2-4-13)14-7-10-26(23,24)12-14/h5-6,8-9,13-14H,1-4,7,10-12H2. The van der Waals surface area contributed by atoms with Crippen molar-refractivity contribution in [1.29, 1.82) is 0 Å². The van der Waals surface area contributed by atoms with Crippen LogP contribution in [0, 0.1) is 0 Å². The molecule has 0 spiro atoms. The number of thiophene rings is 1. The van der Waals surface area contributed by atoms with E-state index in [0.717, 1.165) is 31.2 Å². The lowest BCUT2D eigenvalue weighted by Crippen LogP contribution is -2.48. The topological polar surface area (TPSA) is 76.5 Å². The molecule has 3 heterocycles. The lowest BCUT2D eigenvalue weighted by molar-refractivity contribution is -0.136. The average molecular weight is 395 g/mol. The van der Waals surface area contributed by atoms with Crippen LogP contribution in [0.5, 0.6) is 0 Å². The SMILES string of the molecule is O=C(Cn1ccc(=O)c2sccc21)N(C1CCCC1)C1CCS(=O)(=O)C1. The maximum atomic E-state index is 13.2. The number of sulfone groups is 1. The predicted molar refractivity (Wildman–Crippen MR) is 102 cm³/mol. The second-order valence-corrected chi connectivity index (χ2v) is 10.4. The van der Waals surface area contributed by atoms with Gasteiger partial charge in [0.1, 0.15) is 6.54 Å². The molecule has 26 heavy (non-hydrogen) atoms. The van der Waals surface area contributed by atoms with Gasteiger partial charge in [-0.2, -0.15) is 0 Å². The van der Waals surface area contributed by atoms with Crippen molar-refractivity contribution >= 4 is 37.3 Å². The van der Waals surface area contributed by atoms with E-state index >= 15 is 0 Å². The van der Waals surface area contributed by atoms with E-state index in [4.69, 9.17) is 0 Å². The zero-order valence-electron chi connectivity index (χ0n) is 14.5. The summed E-state index contributed by atoms with van der Waals surface area (Å²) in [4.78, 5) is 27.0.